The lowest BCUT2D eigenvalue weighted by Crippen LogP contribution is -2.24. The first-order chi connectivity index (χ1) is 37.1. The van der Waals surface area contributed by atoms with Crippen LogP contribution in [0.1, 0.15) is 171 Å². The molecule has 0 heterocycles. The normalized spacial score (nSPS) is 12.8. The van der Waals surface area contributed by atoms with E-state index in [0.717, 1.165) is 62.3 Å². The Balaban J connectivity index is 1.39. The summed E-state index contributed by atoms with van der Waals surface area (Å²) in [5.41, 5.74) is 7.94. The van der Waals surface area contributed by atoms with Crippen LogP contribution in [0.15, 0.2) is 138 Å². The molecule has 0 radical (unpaired) electrons. The van der Waals surface area contributed by atoms with Crippen LogP contribution in [-0.2, 0) is 10.8 Å². The third-order valence-corrected chi connectivity index (χ3v) is 15.3. The van der Waals surface area contributed by atoms with E-state index in [1.165, 1.54) is 11.1 Å². The fourth-order valence-corrected chi connectivity index (χ4v) is 12.4. The zero-order valence-electron chi connectivity index (χ0n) is 49.3. The molecule has 0 aromatic heterocycles. The molecule has 0 bridgehead atoms. The van der Waals surface area contributed by atoms with Crippen LogP contribution in [0.4, 0.5) is 11.4 Å². The van der Waals surface area contributed by atoms with Crippen molar-refractivity contribution < 1.29 is 24.5 Å². The first-order valence-electron chi connectivity index (χ1n) is 27.9. The number of rotatable bonds is 14. The van der Waals surface area contributed by atoms with E-state index in [-0.39, 0.29) is 50.5 Å². The molecule has 0 amide bonds. The number of anilines is 1. The standard InChI is InChI=1S/C72H78N2O5/c1-43(2)52-19-17-20-53(44(3)4)66(52)73-67(75)57-39-59(78-50-34-28-47(29-35-50)71(11,12)41-69(5,6)7)63-55-22-18-21-54-46(26-23-45-24-32-49(33-25-45)74(15)16)27-38-56(61(54)55)64-60(40-58(68(76)77)62(57)65(63)64)79-51-36-30-48(31-37-51)72(13,14)42-70(8,9)10/h17-22,24-25,27-40,43-44H,41-42H2,1-16H3,(H,73,75)(H,76,77). The fourth-order valence-electron chi connectivity index (χ4n) is 12.4. The van der Waals surface area contributed by atoms with E-state index in [1.54, 1.807) is 12.1 Å². The molecule has 2 N–H and O–H groups in total. The van der Waals surface area contributed by atoms with E-state index in [1.807, 2.05) is 80.8 Å². The summed E-state index contributed by atoms with van der Waals surface area (Å²) in [6, 6.07) is 44.5. The summed E-state index contributed by atoms with van der Waals surface area (Å²) >= 11 is 0. The molecule has 0 atom stereocenters. The number of fused-ring (bicyclic) bond motifs is 2. The third-order valence-electron chi connectivity index (χ3n) is 15.3. The van der Waals surface area contributed by atoms with Crippen molar-refractivity contribution in [2.75, 3.05) is 19.0 Å². The Kier molecular flexibility index (Phi) is 14.9. The van der Waals surface area contributed by atoms with Crippen molar-refractivity contribution in [3.8, 4) is 34.8 Å². The number of benzene rings is 9. The molecule has 9 rings (SSSR count). The van der Waals surface area contributed by atoms with E-state index in [0.29, 0.717) is 50.2 Å². The van der Waals surface area contributed by atoms with Gasteiger partial charge in [0.1, 0.15) is 23.0 Å². The molecule has 0 saturated heterocycles. The van der Waals surface area contributed by atoms with Crippen molar-refractivity contribution in [2.24, 2.45) is 15.8 Å². The summed E-state index contributed by atoms with van der Waals surface area (Å²) in [4.78, 5) is 21.3. The number of hydrogen-bond donors (Lipinski definition) is 2. The van der Waals surface area contributed by atoms with Crippen LogP contribution in [0.5, 0.6) is 23.0 Å². The predicted molar refractivity (Wildman–Crippen MR) is 332 cm³/mol. The number of aliphatic hydroxyl groups excluding tert-OH is 1. The topological polar surface area (TPSA) is 91.6 Å². The highest BCUT2D eigenvalue weighted by Gasteiger charge is 2.32. The molecule has 0 fully saturated rings. The maximum absolute atomic E-state index is 14.1. The van der Waals surface area contributed by atoms with Gasteiger partial charge in [-0.25, -0.2) is 9.79 Å². The number of nitrogens with zero attached hydrogens (tertiary/aromatic N) is 2. The van der Waals surface area contributed by atoms with Gasteiger partial charge in [0.15, 0.2) is 0 Å². The van der Waals surface area contributed by atoms with Gasteiger partial charge in [0.2, 0.25) is 5.90 Å². The number of carbonyl (C=O) groups is 1. The molecule has 9 aromatic rings. The van der Waals surface area contributed by atoms with Crippen molar-refractivity contribution in [1.82, 2.24) is 0 Å². The molecule has 79 heavy (non-hydrogen) atoms. The molecule has 0 aliphatic carbocycles. The van der Waals surface area contributed by atoms with Gasteiger partial charge in [-0.1, -0.05) is 176 Å². The van der Waals surface area contributed by atoms with Gasteiger partial charge in [0, 0.05) is 58.0 Å². The number of aliphatic imine (C=N–C) groups is 1. The molecular weight excluding hydrogens is 973 g/mol. The second-order valence-electron chi connectivity index (χ2n) is 26.3. The summed E-state index contributed by atoms with van der Waals surface area (Å²) in [6.07, 6.45) is 1.95. The molecular formula is C72H78N2O5. The predicted octanol–water partition coefficient (Wildman–Crippen LogP) is 19.8. The SMILES string of the molecule is CC(C)c1cccc(C(C)C)c1N=C(O)c1cc(Oc2ccc(C(C)(C)CC(C)(C)C)cc2)c2c3cccc4c(C#Cc5ccc(N(C)C)cc5)ccc(c5c(Oc6ccc(C(C)(C)CC(C)(C)C)cc6)cc(C(=O)O)c1c52)c43. The quantitative estimate of drug-likeness (QED) is 0.0371. The number of carboxylic acid groups (broad SMARTS) is 1. The molecule has 406 valence electrons. The van der Waals surface area contributed by atoms with Crippen molar-refractivity contribution in [3.05, 3.63) is 178 Å². The average Bonchev–Trinajstić information content (AvgIpc) is 3.52. The molecule has 7 heteroatoms. The Morgan fingerprint density at radius 3 is 1.47 bits per heavy atom. The summed E-state index contributed by atoms with van der Waals surface area (Å²) in [5.74, 6) is 7.52. The zero-order valence-corrected chi connectivity index (χ0v) is 49.3. The number of ether oxygens (including phenoxy) is 2. The highest BCUT2D eigenvalue weighted by atomic mass is 16.5. The Bertz CT molecular complexity index is 3800. The molecule has 9 aromatic carbocycles. The van der Waals surface area contributed by atoms with Crippen LogP contribution in [0.2, 0.25) is 0 Å². The fraction of sp³-hybridized carbons (Fsp3) is 0.333. The van der Waals surface area contributed by atoms with Crippen molar-refractivity contribution in [3.63, 3.8) is 0 Å². The lowest BCUT2D eigenvalue weighted by molar-refractivity contribution is 0.0698. The smallest absolute Gasteiger partial charge is 0.336 e. The minimum absolute atomic E-state index is 0.0497. The Morgan fingerprint density at radius 1 is 0.532 bits per heavy atom. The second-order valence-corrected chi connectivity index (χ2v) is 26.3. The van der Waals surface area contributed by atoms with Gasteiger partial charge in [-0.15, -0.1) is 0 Å². The number of aromatic carboxylic acids is 1. The van der Waals surface area contributed by atoms with Gasteiger partial charge in [0.05, 0.1) is 11.3 Å². The molecule has 0 unspecified atom stereocenters. The monoisotopic (exact) mass is 1050 g/mol. The van der Waals surface area contributed by atoms with Crippen molar-refractivity contribution in [2.45, 2.75) is 132 Å². The van der Waals surface area contributed by atoms with Crippen LogP contribution in [0, 0.1) is 22.7 Å². The van der Waals surface area contributed by atoms with Crippen LogP contribution in [0.3, 0.4) is 0 Å². The zero-order chi connectivity index (χ0) is 57.1. The highest BCUT2D eigenvalue weighted by Crippen LogP contribution is 2.52. The van der Waals surface area contributed by atoms with E-state index >= 15 is 0 Å². The molecule has 0 saturated carbocycles. The van der Waals surface area contributed by atoms with Gasteiger partial charge in [-0.2, -0.15) is 0 Å². The first-order valence-corrected chi connectivity index (χ1v) is 27.9. The van der Waals surface area contributed by atoms with Gasteiger partial charge in [-0.05, 0) is 157 Å². The lowest BCUT2D eigenvalue weighted by Gasteiger charge is -2.33. The van der Waals surface area contributed by atoms with Crippen LogP contribution >= 0.6 is 0 Å². The number of carboxylic acids is 1. The van der Waals surface area contributed by atoms with E-state index in [4.69, 9.17) is 14.5 Å². The molecule has 0 aliphatic rings. The minimum Gasteiger partial charge on any atom is -0.493 e. The van der Waals surface area contributed by atoms with Gasteiger partial charge >= 0.3 is 5.97 Å². The third kappa shape index (κ3) is 11.5. The van der Waals surface area contributed by atoms with Gasteiger partial charge in [0.25, 0.3) is 0 Å². The summed E-state index contributed by atoms with van der Waals surface area (Å²) in [6.45, 7) is 31.1. The second kappa shape index (κ2) is 21.1. The summed E-state index contributed by atoms with van der Waals surface area (Å²) in [5, 5.41) is 30.1. The Morgan fingerprint density at radius 2 is 1.00 bits per heavy atom. The molecule has 0 spiro atoms. The van der Waals surface area contributed by atoms with E-state index < -0.39 is 5.97 Å². The van der Waals surface area contributed by atoms with Crippen molar-refractivity contribution >= 4 is 66.3 Å². The average molecular weight is 1050 g/mol. The maximum Gasteiger partial charge on any atom is 0.336 e. The highest BCUT2D eigenvalue weighted by molar-refractivity contribution is 6.39. The van der Waals surface area contributed by atoms with Gasteiger partial charge in [-0.3, -0.25) is 0 Å². The number of hydrogen-bond acceptors (Lipinski definition) is 5. The molecule has 7 nitrogen and oxygen atoms in total. The number of para-hydroxylation sites is 1. The lowest BCUT2D eigenvalue weighted by atomic mass is 9.72. The van der Waals surface area contributed by atoms with Crippen molar-refractivity contribution in [1.29, 1.82) is 0 Å². The largest absolute Gasteiger partial charge is 0.493 e. The Labute approximate surface area is 468 Å². The van der Waals surface area contributed by atoms with Crippen LogP contribution in [-0.4, -0.2) is 36.2 Å². The van der Waals surface area contributed by atoms with Gasteiger partial charge < -0.3 is 24.6 Å². The summed E-state index contributed by atoms with van der Waals surface area (Å²) < 4.78 is 14.2. The summed E-state index contributed by atoms with van der Waals surface area (Å²) in [7, 11) is 4.04. The first kappa shape index (κ1) is 55.9. The number of aliphatic hydroxyl groups is 1. The minimum atomic E-state index is -1.18. The maximum atomic E-state index is 14.1. The van der Waals surface area contributed by atoms with Crippen LogP contribution in [0.25, 0.3) is 43.1 Å². The van der Waals surface area contributed by atoms with Crippen LogP contribution < -0.4 is 14.4 Å². The Hall–Kier alpha value is -7.82. The molecule has 0 aliphatic heterocycles. The van der Waals surface area contributed by atoms with E-state index in [2.05, 4.69) is 168 Å². The van der Waals surface area contributed by atoms with E-state index in [9.17, 15) is 15.0 Å².